The van der Waals surface area contributed by atoms with Crippen molar-refractivity contribution in [3.05, 3.63) is 30.1 Å². The largest absolute Gasteiger partial charge is 0.288 e. The van der Waals surface area contributed by atoms with Crippen molar-refractivity contribution in [1.82, 2.24) is 9.88 Å². The number of aromatic nitrogens is 1. The second kappa shape index (κ2) is 6.15. The average Bonchev–Trinajstić information content (AvgIpc) is 2.25. The predicted octanol–water partition coefficient (Wildman–Crippen LogP) is 1.86. The lowest BCUT2D eigenvalue weighted by molar-refractivity contribution is 0.252. The predicted molar refractivity (Wildman–Crippen MR) is 60.3 cm³/mol. The number of hydrogen-bond donors (Lipinski definition) is 0. The molecule has 0 fully saturated rings. The number of nitriles is 1. The molecule has 1 rings (SSSR count). The molecule has 1 aromatic rings. The monoisotopic (exact) mass is 203 g/mol. The maximum atomic E-state index is 8.68. The molecule has 3 nitrogen and oxygen atoms in total. The zero-order chi connectivity index (χ0) is 11.1. The SMILES string of the molecule is CC(C)N(CC#N)CCc1cccnc1. The van der Waals surface area contributed by atoms with E-state index in [0.717, 1.165) is 13.0 Å². The number of pyridine rings is 1. The third-order valence-electron chi connectivity index (χ3n) is 2.41. The van der Waals surface area contributed by atoms with E-state index in [1.807, 2.05) is 12.3 Å². The molecule has 1 aromatic heterocycles. The van der Waals surface area contributed by atoms with Crippen molar-refractivity contribution in [3.63, 3.8) is 0 Å². The second-order valence-corrected chi connectivity index (χ2v) is 3.83. The Morgan fingerprint density at radius 1 is 1.53 bits per heavy atom. The molecule has 1 heterocycles. The lowest BCUT2D eigenvalue weighted by Gasteiger charge is -2.23. The van der Waals surface area contributed by atoms with Crippen LogP contribution < -0.4 is 0 Å². The molecule has 80 valence electrons. The highest BCUT2D eigenvalue weighted by atomic mass is 15.1. The molecule has 0 aliphatic rings. The molecule has 0 aromatic carbocycles. The van der Waals surface area contributed by atoms with Gasteiger partial charge in [0.05, 0.1) is 12.6 Å². The molecule has 0 aliphatic carbocycles. The fraction of sp³-hybridized carbons (Fsp3) is 0.500. The first kappa shape index (κ1) is 11.7. The minimum Gasteiger partial charge on any atom is -0.288 e. The maximum Gasteiger partial charge on any atom is 0.0868 e. The van der Waals surface area contributed by atoms with Gasteiger partial charge in [0.25, 0.3) is 0 Å². The first-order valence-corrected chi connectivity index (χ1v) is 5.24. The van der Waals surface area contributed by atoms with E-state index < -0.39 is 0 Å². The molecule has 0 aliphatic heterocycles. The summed E-state index contributed by atoms with van der Waals surface area (Å²) in [6, 6.07) is 6.62. The first-order valence-electron chi connectivity index (χ1n) is 5.24. The molecule has 15 heavy (non-hydrogen) atoms. The van der Waals surface area contributed by atoms with E-state index in [1.54, 1.807) is 6.20 Å². The van der Waals surface area contributed by atoms with Crippen molar-refractivity contribution in [2.24, 2.45) is 0 Å². The Balaban J connectivity index is 2.44. The molecule has 0 N–H and O–H groups in total. The van der Waals surface area contributed by atoms with Gasteiger partial charge in [-0.25, -0.2) is 0 Å². The highest BCUT2D eigenvalue weighted by molar-refractivity contribution is 5.08. The number of rotatable bonds is 5. The van der Waals surface area contributed by atoms with E-state index in [0.29, 0.717) is 12.6 Å². The molecule has 0 spiro atoms. The van der Waals surface area contributed by atoms with Gasteiger partial charge in [0.2, 0.25) is 0 Å². The van der Waals surface area contributed by atoms with E-state index in [2.05, 4.69) is 35.9 Å². The molecular weight excluding hydrogens is 186 g/mol. The molecular formula is C12H17N3. The Hall–Kier alpha value is -1.40. The zero-order valence-corrected chi connectivity index (χ0v) is 9.35. The summed E-state index contributed by atoms with van der Waals surface area (Å²) in [5, 5.41) is 8.68. The van der Waals surface area contributed by atoms with Crippen LogP contribution in [-0.4, -0.2) is 29.0 Å². The van der Waals surface area contributed by atoms with Crippen LogP contribution in [0.1, 0.15) is 19.4 Å². The van der Waals surface area contributed by atoms with Crippen LogP contribution in [0.3, 0.4) is 0 Å². The summed E-state index contributed by atoms with van der Waals surface area (Å²) in [4.78, 5) is 6.23. The van der Waals surface area contributed by atoms with Gasteiger partial charge in [-0.15, -0.1) is 0 Å². The Morgan fingerprint density at radius 2 is 2.33 bits per heavy atom. The minimum absolute atomic E-state index is 0.418. The topological polar surface area (TPSA) is 39.9 Å². The Labute approximate surface area is 91.4 Å². The Kier molecular flexibility index (Phi) is 4.79. The van der Waals surface area contributed by atoms with Gasteiger partial charge < -0.3 is 0 Å². The standard InChI is InChI=1S/C12H17N3/c1-11(2)15(9-6-13)8-5-12-4-3-7-14-10-12/h3-4,7,10-11H,5,8-9H2,1-2H3. The minimum atomic E-state index is 0.418. The van der Waals surface area contributed by atoms with Gasteiger partial charge in [0, 0.05) is 25.0 Å². The van der Waals surface area contributed by atoms with Gasteiger partial charge in [-0.2, -0.15) is 5.26 Å². The average molecular weight is 203 g/mol. The van der Waals surface area contributed by atoms with Gasteiger partial charge in [-0.3, -0.25) is 9.88 Å². The zero-order valence-electron chi connectivity index (χ0n) is 9.35. The normalized spacial score (nSPS) is 10.6. The van der Waals surface area contributed by atoms with Crippen molar-refractivity contribution in [3.8, 4) is 6.07 Å². The fourth-order valence-electron chi connectivity index (χ4n) is 1.43. The summed E-state index contributed by atoms with van der Waals surface area (Å²) in [5.41, 5.74) is 1.22. The van der Waals surface area contributed by atoms with Gasteiger partial charge in [-0.05, 0) is 31.9 Å². The molecule has 0 bridgehead atoms. The van der Waals surface area contributed by atoms with Crippen LogP contribution in [0.2, 0.25) is 0 Å². The maximum absolute atomic E-state index is 8.68. The summed E-state index contributed by atoms with van der Waals surface area (Å²) in [6.45, 7) is 5.63. The van der Waals surface area contributed by atoms with Crippen LogP contribution in [0.5, 0.6) is 0 Å². The van der Waals surface area contributed by atoms with Crippen LogP contribution in [0.15, 0.2) is 24.5 Å². The third-order valence-corrected chi connectivity index (χ3v) is 2.41. The van der Waals surface area contributed by atoms with Crippen LogP contribution in [0.25, 0.3) is 0 Å². The van der Waals surface area contributed by atoms with E-state index in [1.165, 1.54) is 5.56 Å². The molecule has 0 radical (unpaired) electrons. The Bertz CT molecular complexity index is 313. The first-order chi connectivity index (χ1) is 7.24. The highest BCUT2D eigenvalue weighted by Gasteiger charge is 2.08. The van der Waals surface area contributed by atoms with E-state index >= 15 is 0 Å². The quantitative estimate of drug-likeness (QED) is 0.686. The molecule has 0 unspecified atom stereocenters. The summed E-state index contributed by atoms with van der Waals surface area (Å²) >= 11 is 0. The van der Waals surface area contributed by atoms with Crippen LogP contribution >= 0.6 is 0 Å². The molecule has 0 atom stereocenters. The molecule has 0 saturated carbocycles. The molecule has 0 saturated heterocycles. The van der Waals surface area contributed by atoms with Gasteiger partial charge >= 0.3 is 0 Å². The van der Waals surface area contributed by atoms with E-state index in [4.69, 9.17) is 5.26 Å². The van der Waals surface area contributed by atoms with Crippen molar-refractivity contribution >= 4 is 0 Å². The van der Waals surface area contributed by atoms with Crippen molar-refractivity contribution < 1.29 is 0 Å². The summed E-state index contributed by atoms with van der Waals surface area (Å²) in [6.07, 6.45) is 4.61. The van der Waals surface area contributed by atoms with Crippen LogP contribution in [-0.2, 0) is 6.42 Å². The number of hydrogen-bond acceptors (Lipinski definition) is 3. The van der Waals surface area contributed by atoms with Gasteiger partial charge in [0.1, 0.15) is 0 Å². The highest BCUT2D eigenvalue weighted by Crippen LogP contribution is 2.02. The Morgan fingerprint density at radius 3 is 2.87 bits per heavy atom. The van der Waals surface area contributed by atoms with Crippen molar-refractivity contribution in [2.45, 2.75) is 26.3 Å². The van der Waals surface area contributed by atoms with Gasteiger partial charge in [-0.1, -0.05) is 6.07 Å². The summed E-state index contributed by atoms with van der Waals surface area (Å²) in [7, 11) is 0. The molecule has 3 heteroatoms. The van der Waals surface area contributed by atoms with Crippen molar-refractivity contribution in [2.75, 3.05) is 13.1 Å². The lowest BCUT2D eigenvalue weighted by Crippen LogP contribution is -2.33. The fourth-order valence-corrected chi connectivity index (χ4v) is 1.43. The summed E-state index contributed by atoms with van der Waals surface area (Å²) < 4.78 is 0. The second-order valence-electron chi connectivity index (χ2n) is 3.83. The van der Waals surface area contributed by atoms with Crippen LogP contribution in [0.4, 0.5) is 0 Å². The van der Waals surface area contributed by atoms with Crippen molar-refractivity contribution in [1.29, 1.82) is 5.26 Å². The van der Waals surface area contributed by atoms with Crippen LogP contribution in [0, 0.1) is 11.3 Å². The smallest absolute Gasteiger partial charge is 0.0868 e. The van der Waals surface area contributed by atoms with Gasteiger partial charge in [0.15, 0.2) is 0 Å². The number of nitrogens with zero attached hydrogens (tertiary/aromatic N) is 3. The van der Waals surface area contributed by atoms with E-state index in [9.17, 15) is 0 Å². The van der Waals surface area contributed by atoms with E-state index in [-0.39, 0.29) is 0 Å². The molecule has 0 amide bonds. The third kappa shape index (κ3) is 4.09. The lowest BCUT2D eigenvalue weighted by atomic mass is 10.2. The summed E-state index contributed by atoms with van der Waals surface area (Å²) in [5.74, 6) is 0.